The summed E-state index contributed by atoms with van der Waals surface area (Å²) in [5.41, 5.74) is 2.42. The van der Waals surface area contributed by atoms with Gasteiger partial charge in [0.25, 0.3) is 0 Å². The van der Waals surface area contributed by atoms with Gasteiger partial charge in [0, 0.05) is 22.9 Å². The summed E-state index contributed by atoms with van der Waals surface area (Å²) in [5, 5.41) is 13.2. The Morgan fingerprint density at radius 3 is 2.58 bits per heavy atom. The Bertz CT molecular complexity index is 992. The van der Waals surface area contributed by atoms with Crippen LogP contribution in [0.4, 0.5) is 0 Å². The summed E-state index contributed by atoms with van der Waals surface area (Å²) in [6.45, 7) is 5.45. The fraction of sp³-hybridized carbons (Fsp3) is 0.435. The van der Waals surface area contributed by atoms with Gasteiger partial charge in [-0.05, 0) is 43.9 Å². The van der Waals surface area contributed by atoms with Crippen molar-refractivity contribution in [1.29, 1.82) is 0 Å². The maximum atomic E-state index is 13.6. The first-order valence-electron chi connectivity index (χ1n) is 10.1. The topological polar surface area (TPSA) is 111 Å². The first kappa shape index (κ1) is 22.4. The molecule has 0 amide bonds. The summed E-state index contributed by atoms with van der Waals surface area (Å²) in [4.78, 5) is 38.8. The number of hydrogen-bond acceptors (Lipinski definition) is 8. The second-order valence-electron chi connectivity index (χ2n) is 7.69. The number of Topliss-reactive ketones (excluding diaryl/α,β-unsaturated/α-hetero) is 1. The predicted molar refractivity (Wildman–Crippen MR) is 111 cm³/mol. The van der Waals surface area contributed by atoms with Crippen LogP contribution in [0, 0.1) is 11.8 Å². The zero-order valence-electron chi connectivity index (χ0n) is 18.3. The number of esters is 2. The van der Waals surface area contributed by atoms with E-state index in [2.05, 4.69) is 5.32 Å². The molecule has 1 aromatic rings. The Morgan fingerprint density at radius 1 is 1.26 bits per heavy atom. The smallest absolute Gasteiger partial charge is 0.336 e. The molecule has 3 rings (SSSR count). The molecule has 0 bridgehead atoms. The van der Waals surface area contributed by atoms with Crippen molar-refractivity contribution < 1.29 is 33.7 Å². The minimum Gasteiger partial charge on any atom is -0.504 e. The molecule has 0 saturated carbocycles. The number of methoxy groups -OCH3 is 2. The molecular formula is C23H27NO7. The van der Waals surface area contributed by atoms with Crippen LogP contribution in [0.25, 0.3) is 0 Å². The van der Waals surface area contributed by atoms with E-state index < -0.39 is 23.8 Å². The van der Waals surface area contributed by atoms with Crippen LogP contribution in [0.3, 0.4) is 0 Å². The number of phenolic OH excluding ortho intramolecular Hbond substituents is 1. The molecular weight excluding hydrogens is 402 g/mol. The molecule has 166 valence electrons. The van der Waals surface area contributed by atoms with Crippen LogP contribution in [0.5, 0.6) is 11.5 Å². The van der Waals surface area contributed by atoms with Crippen LogP contribution < -0.4 is 10.1 Å². The molecule has 2 aliphatic rings. The zero-order chi connectivity index (χ0) is 22.9. The van der Waals surface area contributed by atoms with Crippen LogP contribution in [0.2, 0.25) is 0 Å². The highest BCUT2D eigenvalue weighted by Gasteiger charge is 2.47. The van der Waals surface area contributed by atoms with Crippen LogP contribution in [0.1, 0.15) is 38.7 Å². The van der Waals surface area contributed by atoms with E-state index in [0.29, 0.717) is 29.0 Å². The summed E-state index contributed by atoms with van der Waals surface area (Å²) >= 11 is 0. The summed E-state index contributed by atoms with van der Waals surface area (Å²) < 4.78 is 15.4. The summed E-state index contributed by atoms with van der Waals surface area (Å²) in [6.07, 6.45) is 0.444. The highest BCUT2D eigenvalue weighted by molar-refractivity contribution is 6.12. The summed E-state index contributed by atoms with van der Waals surface area (Å²) in [6, 6.07) is 4.66. The van der Waals surface area contributed by atoms with Gasteiger partial charge in [0.15, 0.2) is 17.3 Å². The Hall–Kier alpha value is -3.29. The number of nitrogens with one attached hydrogen (secondary N) is 1. The normalized spacial score (nSPS) is 23.1. The van der Waals surface area contributed by atoms with Gasteiger partial charge in [0.1, 0.15) is 5.92 Å². The third kappa shape index (κ3) is 3.89. The molecule has 0 saturated heterocycles. The lowest BCUT2D eigenvalue weighted by Gasteiger charge is -2.38. The van der Waals surface area contributed by atoms with E-state index in [9.17, 15) is 19.5 Å². The van der Waals surface area contributed by atoms with E-state index >= 15 is 0 Å². The van der Waals surface area contributed by atoms with Crippen LogP contribution in [0.15, 0.2) is 40.7 Å². The first-order valence-corrected chi connectivity index (χ1v) is 10.1. The molecule has 0 aromatic heterocycles. The second-order valence-corrected chi connectivity index (χ2v) is 7.69. The molecule has 1 aliphatic heterocycles. The largest absolute Gasteiger partial charge is 0.504 e. The van der Waals surface area contributed by atoms with E-state index in [0.717, 1.165) is 0 Å². The highest BCUT2D eigenvalue weighted by atomic mass is 16.5. The van der Waals surface area contributed by atoms with E-state index in [1.165, 1.54) is 20.3 Å². The fourth-order valence-electron chi connectivity index (χ4n) is 4.37. The SMILES string of the molecule is CCOC(=O)C1=C(C)NC2=C(C(=O)[C@H](C(=O)OC)[C@H](C)C2)[C@H]1c1ccc(O)c(OC)c1. The Kier molecular flexibility index (Phi) is 6.38. The van der Waals surface area contributed by atoms with Crippen LogP contribution in [-0.4, -0.2) is 43.7 Å². The molecule has 1 aliphatic carbocycles. The lowest BCUT2D eigenvalue weighted by atomic mass is 9.69. The minimum atomic E-state index is -0.964. The van der Waals surface area contributed by atoms with E-state index in [1.54, 1.807) is 26.0 Å². The van der Waals surface area contributed by atoms with Crippen molar-refractivity contribution in [2.45, 2.75) is 33.1 Å². The van der Waals surface area contributed by atoms with Crippen molar-refractivity contribution in [1.82, 2.24) is 5.32 Å². The van der Waals surface area contributed by atoms with Crippen molar-refractivity contribution in [2.24, 2.45) is 11.8 Å². The number of aromatic hydroxyl groups is 1. The van der Waals surface area contributed by atoms with E-state index in [-0.39, 0.29) is 35.4 Å². The number of benzene rings is 1. The summed E-state index contributed by atoms with van der Waals surface area (Å²) in [7, 11) is 2.67. The van der Waals surface area contributed by atoms with Gasteiger partial charge in [-0.15, -0.1) is 0 Å². The summed E-state index contributed by atoms with van der Waals surface area (Å²) in [5.74, 6) is -3.42. The van der Waals surface area contributed by atoms with Gasteiger partial charge in [-0.1, -0.05) is 13.0 Å². The van der Waals surface area contributed by atoms with Crippen molar-refractivity contribution in [3.05, 3.63) is 46.3 Å². The monoisotopic (exact) mass is 429 g/mol. The predicted octanol–water partition coefficient (Wildman–Crippen LogP) is 2.58. The van der Waals surface area contributed by atoms with Crippen molar-refractivity contribution in [3.8, 4) is 11.5 Å². The molecule has 1 heterocycles. The number of rotatable bonds is 5. The first-order chi connectivity index (χ1) is 14.7. The average Bonchev–Trinajstić information content (AvgIpc) is 2.73. The van der Waals surface area contributed by atoms with Crippen molar-refractivity contribution in [3.63, 3.8) is 0 Å². The van der Waals surface area contributed by atoms with Crippen LogP contribution in [-0.2, 0) is 23.9 Å². The molecule has 2 N–H and O–H groups in total. The van der Waals surface area contributed by atoms with Gasteiger partial charge in [0.2, 0.25) is 0 Å². The van der Waals surface area contributed by atoms with Crippen molar-refractivity contribution >= 4 is 17.7 Å². The molecule has 31 heavy (non-hydrogen) atoms. The van der Waals surface area contributed by atoms with Crippen LogP contribution >= 0.6 is 0 Å². The quantitative estimate of drug-likeness (QED) is 0.543. The van der Waals surface area contributed by atoms with Gasteiger partial charge in [-0.25, -0.2) is 4.79 Å². The minimum absolute atomic E-state index is 0.0659. The number of carbonyl (C=O) groups is 3. The third-order valence-corrected chi connectivity index (χ3v) is 5.78. The van der Waals surface area contributed by atoms with E-state index in [1.807, 2.05) is 6.92 Å². The Morgan fingerprint density at radius 2 is 1.97 bits per heavy atom. The van der Waals surface area contributed by atoms with Gasteiger partial charge in [-0.2, -0.15) is 0 Å². The maximum Gasteiger partial charge on any atom is 0.336 e. The Balaban J connectivity index is 2.22. The molecule has 0 unspecified atom stereocenters. The number of phenols is 1. The average molecular weight is 429 g/mol. The maximum absolute atomic E-state index is 13.6. The van der Waals surface area contributed by atoms with Crippen molar-refractivity contribution in [2.75, 3.05) is 20.8 Å². The fourth-order valence-corrected chi connectivity index (χ4v) is 4.37. The molecule has 0 fully saturated rings. The molecule has 0 radical (unpaired) electrons. The highest BCUT2D eigenvalue weighted by Crippen LogP contribution is 2.46. The Labute approximate surface area is 180 Å². The van der Waals surface area contributed by atoms with Gasteiger partial charge >= 0.3 is 11.9 Å². The lowest BCUT2D eigenvalue weighted by molar-refractivity contribution is -0.151. The van der Waals surface area contributed by atoms with Gasteiger partial charge in [0.05, 0.1) is 26.4 Å². The number of hydrogen-bond donors (Lipinski definition) is 2. The molecule has 0 spiro atoms. The second kappa shape index (κ2) is 8.83. The number of ether oxygens (including phenoxy) is 3. The third-order valence-electron chi connectivity index (χ3n) is 5.78. The molecule has 8 heteroatoms. The zero-order valence-corrected chi connectivity index (χ0v) is 18.3. The standard InChI is InChI=1S/C23H27NO7/c1-6-31-23(28)18-12(3)24-14-9-11(2)17(22(27)30-5)21(26)20(14)19(18)13-7-8-15(25)16(10-13)29-4/h7-8,10-11,17,19,24-25H,6,9H2,1-5H3/t11-,17-,19+/m1/s1. The number of allylic oxidation sites excluding steroid dienone is 3. The van der Waals surface area contributed by atoms with E-state index in [4.69, 9.17) is 14.2 Å². The molecule has 3 atom stereocenters. The lowest BCUT2D eigenvalue weighted by Crippen LogP contribution is -2.43. The number of carbonyl (C=O) groups excluding carboxylic acids is 3. The number of dihydropyridines is 1. The number of ketones is 1. The van der Waals surface area contributed by atoms with Gasteiger partial charge in [-0.3, -0.25) is 9.59 Å². The molecule has 8 nitrogen and oxygen atoms in total. The molecule has 1 aromatic carbocycles. The van der Waals surface area contributed by atoms with Gasteiger partial charge < -0.3 is 24.6 Å².